The van der Waals surface area contributed by atoms with Gasteiger partial charge in [0.1, 0.15) is 11.4 Å². The summed E-state index contributed by atoms with van der Waals surface area (Å²) in [6, 6.07) is 26.7. The molecule has 9 heteroatoms. The summed E-state index contributed by atoms with van der Waals surface area (Å²) in [5, 5.41) is 1.83. The lowest BCUT2D eigenvalue weighted by atomic mass is 10.0. The van der Waals surface area contributed by atoms with Gasteiger partial charge in [0.15, 0.2) is 12.1 Å². The summed E-state index contributed by atoms with van der Waals surface area (Å²) >= 11 is 4.59. The minimum atomic E-state index is -1.55. The van der Waals surface area contributed by atoms with Gasteiger partial charge in [-0.2, -0.15) is 0 Å². The number of fused-ring (bicyclic) bond motifs is 1. The van der Waals surface area contributed by atoms with E-state index in [1.807, 2.05) is 91.0 Å². The summed E-state index contributed by atoms with van der Waals surface area (Å²) < 4.78 is 19.1. The van der Waals surface area contributed by atoms with E-state index in [1.54, 1.807) is 0 Å². The number of β-lactam (4-membered cyclic amide) rings is 1. The van der Waals surface area contributed by atoms with Crippen molar-refractivity contribution in [3.8, 4) is 0 Å². The number of alkyl halides is 1. The SMILES string of the molecule is O=C(Cc1ccccc1)NC1C(=O)N2C(C(=O)OC(c3ccccc3)c3ccccc3)=C(CCl)C[S+]([O-])[C@H]12. The van der Waals surface area contributed by atoms with Crippen molar-refractivity contribution < 1.29 is 23.7 Å². The summed E-state index contributed by atoms with van der Waals surface area (Å²) in [7, 11) is 0. The van der Waals surface area contributed by atoms with E-state index >= 15 is 0 Å². The lowest BCUT2D eigenvalue weighted by Crippen LogP contribution is -2.75. The third kappa shape index (κ3) is 5.20. The molecule has 0 spiro atoms. The summed E-state index contributed by atoms with van der Waals surface area (Å²) in [6.45, 7) is 0. The molecule has 7 nitrogen and oxygen atoms in total. The Balaban J connectivity index is 1.38. The fourth-order valence-electron chi connectivity index (χ4n) is 4.70. The van der Waals surface area contributed by atoms with E-state index in [2.05, 4.69) is 5.32 Å². The molecule has 3 aromatic rings. The Morgan fingerprint density at radius 2 is 1.53 bits per heavy atom. The Kier molecular flexibility index (Phi) is 7.83. The molecular weight excluding hydrogens is 524 g/mol. The second kappa shape index (κ2) is 11.4. The van der Waals surface area contributed by atoms with Gasteiger partial charge in [-0.3, -0.25) is 14.5 Å². The fourth-order valence-corrected chi connectivity index (χ4v) is 6.72. The highest BCUT2D eigenvalue weighted by atomic mass is 35.5. The standard InChI is InChI=1S/C29H25ClN2O5S/c30-17-22-18-38(36)28-24(31-23(33)16-19-10-4-1-5-11-19)27(34)32(28)25(22)29(35)37-26(20-12-6-2-7-13-20)21-14-8-3-9-15-21/h1-15,24,26,28H,16-18H2,(H,31,33)/t24?,28-,38?/m1/s1. The van der Waals surface area contributed by atoms with Gasteiger partial charge >= 0.3 is 5.97 Å². The van der Waals surface area contributed by atoms with Gasteiger partial charge in [-0.25, -0.2) is 4.79 Å². The van der Waals surface area contributed by atoms with Crippen molar-refractivity contribution in [3.63, 3.8) is 0 Å². The number of hydrogen-bond acceptors (Lipinski definition) is 5. The smallest absolute Gasteiger partial charge is 0.356 e. The largest absolute Gasteiger partial charge is 0.614 e. The van der Waals surface area contributed by atoms with Crippen LogP contribution in [0.15, 0.2) is 102 Å². The Morgan fingerprint density at radius 1 is 0.974 bits per heavy atom. The number of halogens is 1. The molecule has 1 saturated heterocycles. The predicted octanol–water partition coefficient (Wildman–Crippen LogP) is 3.47. The Morgan fingerprint density at radius 3 is 2.08 bits per heavy atom. The van der Waals surface area contributed by atoms with Gasteiger partial charge in [0.05, 0.1) is 12.3 Å². The number of carbonyl (C=O) groups is 3. The third-order valence-corrected chi connectivity index (χ3v) is 8.49. The molecule has 0 aliphatic carbocycles. The minimum absolute atomic E-state index is 0.0000191. The van der Waals surface area contributed by atoms with Crippen LogP contribution in [0.5, 0.6) is 0 Å². The summed E-state index contributed by atoms with van der Waals surface area (Å²) in [5.41, 5.74) is 2.68. The van der Waals surface area contributed by atoms with Gasteiger partial charge in [-0.1, -0.05) is 91.0 Å². The zero-order valence-corrected chi connectivity index (χ0v) is 21.9. The van der Waals surface area contributed by atoms with Crippen LogP contribution in [-0.4, -0.2) is 50.3 Å². The molecule has 3 aromatic carbocycles. The van der Waals surface area contributed by atoms with Crippen molar-refractivity contribution in [2.75, 3.05) is 11.6 Å². The Labute approximate surface area is 228 Å². The van der Waals surface area contributed by atoms with Crippen LogP contribution < -0.4 is 5.32 Å². The molecule has 2 aliphatic rings. The average molecular weight is 549 g/mol. The van der Waals surface area contributed by atoms with Crippen LogP contribution in [0.1, 0.15) is 22.8 Å². The third-order valence-electron chi connectivity index (χ3n) is 6.51. The lowest BCUT2D eigenvalue weighted by Gasteiger charge is -2.49. The maximum atomic E-state index is 13.6. The summed E-state index contributed by atoms with van der Waals surface area (Å²) in [6.07, 6.45) is -0.644. The first-order valence-electron chi connectivity index (χ1n) is 12.1. The molecule has 1 N–H and O–H groups in total. The van der Waals surface area contributed by atoms with Crippen molar-refractivity contribution in [3.05, 3.63) is 119 Å². The van der Waals surface area contributed by atoms with Crippen LogP contribution in [0.3, 0.4) is 0 Å². The molecule has 5 rings (SSSR count). The first-order valence-corrected chi connectivity index (χ1v) is 14.0. The van der Waals surface area contributed by atoms with Crippen LogP contribution in [0.4, 0.5) is 0 Å². The summed E-state index contributed by atoms with van der Waals surface area (Å²) in [4.78, 5) is 40.7. The highest BCUT2D eigenvalue weighted by molar-refractivity contribution is 7.92. The van der Waals surface area contributed by atoms with Gasteiger partial charge in [0.25, 0.3) is 5.91 Å². The second-order valence-corrected chi connectivity index (χ2v) is 10.8. The van der Waals surface area contributed by atoms with E-state index < -0.39 is 40.6 Å². The van der Waals surface area contributed by atoms with Gasteiger partial charge in [-0.15, -0.1) is 11.6 Å². The van der Waals surface area contributed by atoms with Crippen LogP contribution in [0.25, 0.3) is 0 Å². The molecule has 2 unspecified atom stereocenters. The van der Waals surface area contributed by atoms with Crippen LogP contribution in [-0.2, 0) is 36.7 Å². The average Bonchev–Trinajstić information content (AvgIpc) is 2.95. The molecule has 0 radical (unpaired) electrons. The van der Waals surface area contributed by atoms with Crippen molar-refractivity contribution in [1.82, 2.24) is 10.2 Å². The van der Waals surface area contributed by atoms with Crippen LogP contribution >= 0.6 is 11.6 Å². The monoisotopic (exact) mass is 548 g/mol. The molecule has 194 valence electrons. The number of ether oxygens (including phenoxy) is 1. The van der Waals surface area contributed by atoms with Gasteiger partial charge < -0.3 is 14.6 Å². The number of benzene rings is 3. The quantitative estimate of drug-likeness (QED) is 0.201. The van der Waals surface area contributed by atoms with E-state index in [1.165, 1.54) is 4.90 Å². The topological polar surface area (TPSA) is 98.8 Å². The first-order chi connectivity index (χ1) is 18.5. The van der Waals surface area contributed by atoms with E-state index in [0.717, 1.165) is 16.7 Å². The zero-order chi connectivity index (χ0) is 26.6. The maximum absolute atomic E-state index is 13.6. The molecule has 38 heavy (non-hydrogen) atoms. The summed E-state index contributed by atoms with van der Waals surface area (Å²) in [5.74, 6) is -1.69. The number of esters is 1. The van der Waals surface area contributed by atoms with Crippen molar-refractivity contribution >= 4 is 40.6 Å². The maximum Gasteiger partial charge on any atom is 0.356 e. The minimum Gasteiger partial charge on any atom is -0.614 e. The second-order valence-electron chi connectivity index (χ2n) is 9.02. The number of nitrogens with one attached hydrogen (secondary N) is 1. The number of nitrogens with zero attached hydrogens (tertiary/aromatic N) is 1. The van der Waals surface area contributed by atoms with Crippen LogP contribution in [0, 0.1) is 0 Å². The Hall–Kier alpha value is -3.59. The van der Waals surface area contributed by atoms with Gasteiger partial charge in [0.2, 0.25) is 11.3 Å². The van der Waals surface area contributed by atoms with Gasteiger partial charge in [-0.05, 0) is 27.9 Å². The molecule has 2 amide bonds. The molecule has 1 fully saturated rings. The molecule has 0 bridgehead atoms. The van der Waals surface area contributed by atoms with Crippen molar-refractivity contribution in [1.29, 1.82) is 0 Å². The molecule has 2 heterocycles. The molecule has 0 saturated carbocycles. The fraction of sp³-hybridized carbons (Fsp3) is 0.207. The Bertz CT molecular complexity index is 1310. The highest BCUT2D eigenvalue weighted by Gasteiger charge is 2.61. The molecule has 2 aliphatic heterocycles. The van der Waals surface area contributed by atoms with E-state index in [-0.39, 0.29) is 29.7 Å². The van der Waals surface area contributed by atoms with E-state index in [4.69, 9.17) is 16.3 Å². The number of hydrogen-bond donors (Lipinski definition) is 1. The normalized spacial score (nSPS) is 20.6. The van der Waals surface area contributed by atoms with Crippen molar-refractivity contribution in [2.24, 2.45) is 0 Å². The number of amides is 2. The van der Waals surface area contributed by atoms with Gasteiger partial charge in [0, 0.05) is 5.57 Å². The van der Waals surface area contributed by atoms with Crippen molar-refractivity contribution in [2.45, 2.75) is 23.9 Å². The predicted molar refractivity (Wildman–Crippen MR) is 144 cm³/mol. The number of carbonyl (C=O) groups excluding carboxylic acids is 3. The molecular formula is C29H25ClN2O5S. The zero-order valence-electron chi connectivity index (χ0n) is 20.3. The molecule has 3 atom stereocenters. The lowest BCUT2D eigenvalue weighted by molar-refractivity contribution is -0.155. The molecule has 0 aromatic heterocycles. The highest BCUT2D eigenvalue weighted by Crippen LogP contribution is 2.39. The number of rotatable bonds is 8. The van der Waals surface area contributed by atoms with Crippen LogP contribution in [0.2, 0.25) is 0 Å². The van der Waals surface area contributed by atoms with E-state index in [9.17, 15) is 18.9 Å². The van der Waals surface area contributed by atoms with E-state index in [0.29, 0.717) is 5.57 Å². The first kappa shape index (κ1) is 26.0.